The predicted octanol–water partition coefficient (Wildman–Crippen LogP) is 3.56. The van der Waals surface area contributed by atoms with E-state index in [1.54, 1.807) is 0 Å². The average molecular weight is 317 g/mol. The SMILES string of the molecule is Fc1ccc(F)c(C2=NNC(=NCc3ccccc3)SC2)c1. The minimum Gasteiger partial charge on any atom is -0.256 e. The number of amidine groups is 1. The lowest BCUT2D eigenvalue weighted by Crippen LogP contribution is -2.26. The highest BCUT2D eigenvalue weighted by molar-refractivity contribution is 8.14. The fourth-order valence-corrected chi connectivity index (χ4v) is 2.76. The van der Waals surface area contributed by atoms with Crippen LogP contribution in [0.25, 0.3) is 0 Å². The van der Waals surface area contributed by atoms with Crippen LogP contribution in [0.15, 0.2) is 58.6 Å². The molecule has 112 valence electrons. The van der Waals surface area contributed by atoms with Crippen LogP contribution in [0.5, 0.6) is 0 Å². The van der Waals surface area contributed by atoms with Gasteiger partial charge in [0.1, 0.15) is 11.6 Å². The Bertz CT molecular complexity index is 729. The Hall–Kier alpha value is -2.21. The summed E-state index contributed by atoms with van der Waals surface area (Å²) in [4.78, 5) is 4.42. The lowest BCUT2D eigenvalue weighted by atomic mass is 10.1. The number of hydrazone groups is 1. The third-order valence-electron chi connectivity index (χ3n) is 3.12. The smallest absolute Gasteiger partial charge is 0.177 e. The van der Waals surface area contributed by atoms with E-state index in [0.717, 1.165) is 23.8 Å². The van der Waals surface area contributed by atoms with Gasteiger partial charge < -0.3 is 0 Å². The van der Waals surface area contributed by atoms with Crippen LogP contribution in [0.1, 0.15) is 11.1 Å². The topological polar surface area (TPSA) is 36.8 Å². The Labute approximate surface area is 131 Å². The molecule has 1 N–H and O–H groups in total. The normalized spacial score (nSPS) is 16.3. The van der Waals surface area contributed by atoms with Crippen LogP contribution in [0, 0.1) is 11.6 Å². The molecular weight excluding hydrogens is 304 g/mol. The molecule has 0 aromatic heterocycles. The Morgan fingerprint density at radius 2 is 1.95 bits per heavy atom. The molecular formula is C16H13F2N3S. The summed E-state index contributed by atoms with van der Waals surface area (Å²) in [6.07, 6.45) is 0. The minimum atomic E-state index is -0.479. The van der Waals surface area contributed by atoms with Gasteiger partial charge in [-0.25, -0.2) is 8.78 Å². The molecule has 2 aromatic rings. The number of benzene rings is 2. The Morgan fingerprint density at radius 1 is 1.14 bits per heavy atom. The van der Waals surface area contributed by atoms with Gasteiger partial charge in [0.05, 0.1) is 12.3 Å². The van der Waals surface area contributed by atoms with Gasteiger partial charge >= 0.3 is 0 Å². The van der Waals surface area contributed by atoms with E-state index >= 15 is 0 Å². The Balaban J connectivity index is 1.70. The molecule has 22 heavy (non-hydrogen) atoms. The van der Waals surface area contributed by atoms with Crippen LogP contribution >= 0.6 is 11.8 Å². The van der Waals surface area contributed by atoms with E-state index < -0.39 is 11.6 Å². The molecule has 1 aliphatic rings. The minimum absolute atomic E-state index is 0.183. The van der Waals surface area contributed by atoms with Gasteiger partial charge in [0, 0.05) is 11.3 Å². The fourth-order valence-electron chi connectivity index (χ4n) is 2.00. The van der Waals surface area contributed by atoms with Gasteiger partial charge in [-0.1, -0.05) is 42.1 Å². The van der Waals surface area contributed by atoms with E-state index in [9.17, 15) is 8.78 Å². The molecule has 3 nitrogen and oxygen atoms in total. The van der Waals surface area contributed by atoms with Crippen molar-refractivity contribution in [1.82, 2.24) is 5.43 Å². The summed E-state index contributed by atoms with van der Waals surface area (Å²) in [5.41, 5.74) is 4.55. The molecule has 0 aliphatic carbocycles. The first-order valence-corrected chi connectivity index (χ1v) is 7.70. The molecule has 0 radical (unpaired) electrons. The molecule has 3 rings (SSSR count). The molecule has 6 heteroatoms. The van der Waals surface area contributed by atoms with Crippen molar-refractivity contribution in [3.8, 4) is 0 Å². The van der Waals surface area contributed by atoms with Gasteiger partial charge in [0.15, 0.2) is 5.17 Å². The number of halogens is 2. The molecule has 0 saturated carbocycles. The predicted molar refractivity (Wildman–Crippen MR) is 86.1 cm³/mol. The van der Waals surface area contributed by atoms with Crippen LogP contribution < -0.4 is 5.43 Å². The van der Waals surface area contributed by atoms with Crippen LogP contribution in [-0.4, -0.2) is 16.6 Å². The molecule has 0 saturated heterocycles. The molecule has 0 bridgehead atoms. The first kappa shape index (κ1) is 14.7. The average Bonchev–Trinajstić information content (AvgIpc) is 2.57. The van der Waals surface area contributed by atoms with Gasteiger partial charge in [-0.2, -0.15) is 5.10 Å². The van der Waals surface area contributed by atoms with Crippen LogP contribution in [0.4, 0.5) is 8.78 Å². The Kier molecular flexibility index (Phi) is 4.48. The number of nitrogens with one attached hydrogen (secondary N) is 1. The molecule has 0 unspecified atom stereocenters. The molecule has 2 aromatic carbocycles. The lowest BCUT2D eigenvalue weighted by molar-refractivity contribution is 0.598. The van der Waals surface area contributed by atoms with E-state index in [2.05, 4.69) is 15.5 Å². The lowest BCUT2D eigenvalue weighted by Gasteiger charge is -2.15. The first-order chi connectivity index (χ1) is 10.7. The zero-order chi connectivity index (χ0) is 15.4. The number of thioether (sulfide) groups is 1. The van der Waals surface area contributed by atoms with E-state index in [1.807, 2.05) is 30.3 Å². The molecule has 0 fully saturated rings. The number of hydrogen-bond donors (Lipinski definition) is 1. The van der Waals surface area contributed by atoms with Crippen molar-refractivity contribution in [3.05, 3.63) is 71.3 Å². The van der Waals surface area contributed by atoms with E-state index in [0.29, 0.717) is 23.2 Å². The first-order valence-electron chi connectivity index (χ1n) is 6.71. The van der Waals surface area contributed by atoms with Crippen LogP contribution in [0.2, 0.25) is 0 Å². The molecule has 0 atom stereocenters. The molecule has 0 spiro atoms. The third kappa shape index (κ3) is 3.51. The monoisotopic (exact) mass is 317 g/mol. The van der Waals surface area contributed by atoms with Crippen molar-refractivity contribution in [2.24, 2.45) is 10.1 Å². The van der Waals surface area contributed by atoms with Crippen LogP contribution in [0.3, 0.4) is 0 Å². The summed E-state index contributed by atoms with van der Waals surface area (Å²) in [6.45, 7) is 0.551. The summed E-state index contributed by atoms with van der Waals surface area (Å²) in [5, 5.41) is 4.77. The summed E-state index contributed by atoms with van der Waals surface area (Å²) < 4.78 is 26.9. The summed E-state index contributed by atoms with van der Waals surface area (Å²) in [5.74, 6) is -0.513. The summed E-state index contributed by atoms with van der Waals surface area (Å²) in [7, 11) is 0. The summed E-state index contributed by atoms with van der Waals surface area (Å²) in [6, 6.07) is 13.2. The maximum absolute atomic E-state index is 13.7. The standard InChI is InChI=1S/C16H13F2N3S/c17-12-6-7-14(18)13(8-12)15-10-22-16(21-20-15)19-9-11-4-2-1-3-5-11/h1-8H,9-10H2,(H,19,21). The van der Waals surface area contributed by atoms with Crippen molar-refractivity contribution in [2.45, 2.75) is 6.54 Å². The van der Waals surface area contributed by atoms with Crippen molar-refractivity contribution < 1.29 is 8.78 Å². The fraction of sp³-hybridized carbons (Fsp3) is 0.125. The summed E-state index contributed by atoms with van der Waals surface area (Å²) >= 11 is 1.42. The van der Waals surface area contributed by atoms with Gasteiger partial charge in [-0.3, -0.25) is 10.4 Å². The van der Waals surface area contributed by atoms with Gasteiger partial charge in [-0.15, -0.1) is 0 Å². The molecule has 1 aliphatic heterocycles. The molecule has 0 amide bonds. The second kappa shape index (κ2) is 6.70. The van der Waals surface area contributed by atoms with E-state index in [1.165, 1.54) is 11.8 Å². The Morgan fingerprint density at radius 3 is 2.68 bits per heavy atom. The highest BCUT2D eigenvalue weighted by Crippen LogP contribution is 2.17. The van der Waals surface area contributed by atoms with E-state index in [-0.39, 0.29) is 5.56 Å². The number of rotatable bonds is 3. The highest BCUT2D eigenvalue weighted by Gasteiger charge is 2.16. The van der Waals surface area contributed by atoms with Crippen LogP contribution in [-0.2, 0) is 6.54 Å². The zero-order valence-electron chi connectivity index (χ0n) is 11.6. The van der Waals surface area contributed by atoms with Crippen molar-refractivity contribution in [2.75, 3.05) is 5.75 Å². The second-order valence-corrected chi connectivity index (χ2v) is 5.65. The number of nitrogens with zero attached hydrogens (tertiary/aromatic N) is 2. The second-order valence-electron chi connectivity index (χ2n) is 4.69. The van der Waals surface area contributed by atoms with Crippen molar-refractivity contribution in [3.63, 3.8) is 0 Å². The third-order valence-corrected chi connectivity index (χ3v) is 4.03. The van der Waals surface area contributed by atoms with Crippen molar-refractivity contribution in [1.29, 1.82) is 0 Å². The van der Waals surface area contributed by atoms with Gasteiger partial charge in [0.2, 0.25) is 0 Å². The molecule has 1 heterocycles. The van der Waals surface area contributed by atoms with E-state index in [4.69, 9.17) is 0 Å². The van der Waals surface area contributed by atoms with Gasteiger partial charge in [0.25, 0.3) is 0 Å². The number of aliphatic imine (C=N–C) groups is 1. The maximum Gasteiger partial charge on any atom is 0.177 e. The van der Waals surface area contributed by atoms with Gasteiger partial charge in [-0.05, 0) is 23.8 Å². The maximum atomic E-state index is 13.7. The largest absolute Gasteiger partial charge is 0.256 e. The highest BCUT2D eigenvalue weighted by atomic mass is 32.2. The quantitative estimate of drug-likeness (QED) is 0.940. The van der Waals surface area contributed by atoms with Crippen molar-refractivity contribution >= 4 is 22.6 Å². The zero-order valence-corrected chi connectivity index (χ0v) is 12.4. The number of hydrogen-bond acceptors (Lipinski definition) is 3.